The molecule has 2 aromatic rings. The fourth-order valence-electron chi connectivity index (χ4n) is 2.81. The van der Waals surface area contributed by atoms with E-state index >= 15 is 0 Å². The Balaban J connectivity index is 1.75. The van der Waals surface area contributed by atoms with E-state index < -0.39 is 0 Å². The fourth-order valence-corrected chi connectivity index (χ4v) is 3.58. The second kappa shape index (κ2) is 6.94. The minimum absolute atomic E-state index is 0.626. The van der Waals surface area contributed by atoms with E-state index in [9.17, 15) is 0 Å². The Hall–Kier alpha value is -1.55. The Morgan fingerprint density at radius 3 is 2.62 bits per heavy atom. The molecule has 0 bridgehead atoms. The third-order valence-electron chi connectivity index (χ3n) is 3.93. The van der Waals surface area contributed by atoms with Gasteiger partial charge >= 0.3 is 0 Å². The summed E-state index contributed by atoms with van der Waals surface area (Å²) in [5.41, 5.74) is 1.22. The first-order valence-corrected chi connectivity index (χ1v) is 8.57. The van der Waals surface area contributed by atoms with E-state index in [0.717, 1.165) is 17.4 Å². The van der Waals surface area contributed by atoms with Gasteiger partial charge in [0.05, 0.1) is 5.75 Å². The minimum Gasteiger partial charge on any atom is -0.373 e. The van der Waals surface area contributed by atoms with E-state index in [1.54, 1.807) is 11.8 Å². The first-order valence-electron chi connectivity index (χ1n) is 7.58. The second-order valence-electron chi connectivity index (χ2n) is 5.43. The smallest absolute Gasteiger partial charge is 0.141 e. The summed E-state index contributed by atoms with van der Waals surface area (Å²) in [6.45, 7) is 0. The van der Waals surface area contributed by atoms with Gasteiger partial charge in [-0.2, -0.15) is 0 Å². The normalized spacial score (nSPS) is 15.3. The summed E-state index contributed by atoms with van der Waals surface area (Å²) in [6, 6.07) is 12.6. The number of anilines is 1. The van der Waals surface area contributed by atoms with Gasteiger partial charge in [-0.15, -0.1) is 11.8 Å². The van der Waals surface area contributed by atoms with Crippen molar-refractivity contribution in [1.82, 2.24) is 9.97 Å². The quantitative estimate of drug-likeness (QED) is 0.827. The molecule has 0 aliphatic heterocycles. The Morgan fingerprint density at radius 1 is 1.14 bits per heavy atom. The van der Waals surface area contributed by atoms with Crippen molar-refractivity contribution < 1.29 is 0 Å². The van der Waals surface area contributed by atoms with E-state index in [0.29, 0.717) is 5.92 Å². The van der Waals surface area contributed by atoms with Gasteiger partial charge in [-0.25, -0.2) is 9.97 Å². The van der Waals surface area contributed by atoms with E-state index in [4.69, 9.17) is 4.98 Å². The van der Waals surface area contributed by atoms with Crippen molar-refractivity contribution in [2.24, 2.45) is 0 Å². The molecule has 1 heterocycles. The van der Waals surface area contributed by atoms with Crippen LogP contribution in [0.2, 0.25) is 0 Å². The number of thioether (sulfide) groups is 1. The number of rotatable bonds is 5. The van der Waals surface area contributed by atoms with Crippen molar-refractivity contribution in [3.8, 4) is 0 Å². The highest BCUT2D eigenvalue weighted by atomic mass is 32.2. The van der Waals surface area contributed by atoms with E-state index in [1.165, 1.54) is 36.3 Å². The lowest BCUT2D eigenvalue weighted by Crippen LogP contribution is -2.05. The fraction of sp³-hybridized carbons (Fsp3) is 0.412. The Labute approximate surface area is 130 Å². The van der Waals surface area contributed by atoms with Gasteiger partial charge in [0, 0.05) is 29.6 Å². The Morgan fingerprint density at radius 2 is 1.90 bits per heavy atom. The number of nitrogens with one attached hydrogen (secondary N) is 1. The summed E-state index contributed by atoms with van der Waals surface area (Å²) in [5.74, 6) is 3.31. The summed E-state index contributed by atoms with van der Waals surface area (Å²) in [4.78, 5) is 10.7. The third-order valence-corrected chi connectivity index (χ3v) is 4.94. The van der Waals surface area contributed by atoms with Crippen LogP contribution in [0, 0.1) is 0 Å². The molecular weight excluding hydrogens is 278 g/mol. The molecule has 1 fully saturated rings. The average Bonchev–Trinajstić information content (AvgIpc) is 3.08. The lowest BCUT2D eigenvalue weighted by atomic mass is 10.0. The predicted molar refractivity (Wildman–Crippen MR) is 88.8 cm³/mol. The van der Waals surface area contributed by atoms with E-state index in [2.05, 4.69) is 40.6 Å². The molecule has 1 aromatic heterocycles. The molecule has 0 saturated heterocycles. The Bertz CT molecular complexity index is 580. The molecule has 0 unspecified atom stereocenters. The van der Waals surface area contributed by atoms with Gasteiger partial charge in [0.1, 0.15) is 11.6 Å². The van der Waals surface area contributed by atoms with Crippen LogP contribution in [0.4, 0.5) is 5.82 Å². The van der Waals surface area contributed by atoms with E-state index in [-0.39, 0.29) is 0 Å². The molecule has 110 valence electrons. The molecule has 3 nitrogen and oxygen atoms in total. The van der Waals surface area contributed by atoms with Crippen molar-refractivity contribution in [2.45, 2.75) is 42.2 Å². The lowest BCUT2D eigenvalue weighted by molar-refractivity contribution is 0.689. The largest absolute Gasteiger partial charge is 0.373 e. The van der Waals surface area contributed by atoms with Crippen molar-refractivity contribution in [3.63, 3.8) is 0 Å². The molecule has 0 atom stereocenters. The van der Waals surface area contributed by atoms with Gasteiger partial charge in [0.15, 0.2) is 0 Å². The maximum Gasteiger partial charge on any atom is 0.141 e. The Kier molecular flexibility index (Phi) is 4.76. The lowest BCUT2D eigenvalue weighted by Gasteiger charge is -2.12. The predicted octanol–water partition coefficient (Wildman–Crippen LogP) is 4.47. The highest BCUT2D eigenvalue weighted by Gasteiger charge is 2.19. The van der Waals surface area contributed by atoms with Crippen LogP contribution in [0.3, 0.4) is 0 Å². The van der Waals surface area contributed by atoms with Crippen LogP contribution >= 0.6 is 11.8 Å². The zero-order chi connectivity index (χ0) is 14.5. The number of nitrogens with zero attached hydrogens (tertiary/aromatic N) is 2. The highest BCUT2D eigenvalue weighted by Crippen LogP contribution is 2.34. The van der Waals surface area contributed by atoms with Crippen molar-refractivity contribution in [2.75, 3.05) is 12.4 Å². The number of benzene rings is 1. The van der Waals surface area contributed by atoms with Crippen LogP contribution in [-0.2, 0) is 5.75 Å². The van der Waals surface area contributed by atoms with Crippen LogP contribution < -0.4 is 5.32 Å². The molecule has 4 heteroatoms. The van der Waals surface area contributed by atoms with Gasteiger partial charge in [-0.05, 0) is 25.0 Å². The van der Waals surface area contributed by atoms with Crippen molar-refractivity contribution >= 4 is 17.6 Å². The summed E-state index contributed by atoms with van der Waals surface area (Å²) in [6.07, 6.45) is 5.20. The zero-order valence-electron chi connectivity index (χ0n) is 12.4. The maximum atomic E-state index is 4.81. The molecule has 1 N–H and O–H groups in total. The first-order chi connectivity index (χ1) is 10.3. The van der Waals surface area contributed by atoms with Crippen molar-refractivity contribution in [1.29, 1.82) is 0 Å². The topological polar surface area (TPSA) is 37.8 Å². The van der Waals surface area contributed by atoms with Crippen LogP contribution in [0.25, 0.3) is 0 Å². The van der Waals surface area contributed by atoms with Gasteiger partial charge in [-0.3, -0.25) is 0 Å². The molecule has 1 aliphatic carbocycles. The minimum atomic E-state index is 0.626. The molecule has 1 saturated carbocycles. The monoisotopic (exact) mass is 299 g/mol. The van der Waals surface area contributed by atoms with Crippen LogP contribution in [0.15, 0.2) is 41.3 Å². The summed E-state index contributed by atoms with van der Waals surface area (Å²) in [7, 11) is 1.93. The molecule has 21 heavy (non-hydrogen) atoms. The van der Waals surface area contributed by atoms with Crippen molar-refractivity contribution in [3.05, 3.63) is 47.9 Å². The summed E-state index contributed by atoms with van der Waals surface area (Å²) >= 11 is 1.79. The SMILES string of the molecule is CNc1cc(C2CCCC2)nc(CSc2ccccc2)n1. The first kappa shape index (κ1) is 14.4. The van der Waals surface area contributed by atoms with Gasteiger partial charge in [0.2, 0.25) is 0 Å². The molecule has 3 rings (SSSR count). The highest BCUT2D eigenvalue weighted by molar-refractivity contribution is 7.98. The van der Waals surface area contributed by atoms with Crippen LogP contribution in [0.1, 0.15) is 43.1 Å². The van der Waals surface area contributed by atoms with Gasteiger partial charge < -0.3 is 5.32 Å². The van der Waals surface area contributed by atoms with Gasteiger partial charge in [-0.1, -0.05) is 31.0 Å². The number of hydrogen-bond donors (Lipinski definition) is 1. The van der Waals surface area contributed by atoms with E-state index in [1.807, 2.05) is 13.1 Å². The number of aromatic nitrogens is 2. The third kappa shape index (κ3) is 3.76. The molecule has 1 aromatic carbocycles. The zero-order valence-corrected chi connectivity index (χ0v) is 13.2. The second-order valence-corrected chi connectivity index (χ2v) is 6.48. The molecule has 1 aliphatic rings. The summed E-state index contributed by atoms with van der Waals surface area (Å²) < 4.78 is 0. The van der Waals surface area contributed by atoms with Crippen LogP contribution in [-0.4, -0.2) is 17.0 Å². The standard InChI is InChI=1S/C17H21N3S/c1-18-16-11-15(13-7-5-6-8-13)19-17(20-16)12-21-14-9-3-2-4-10-14/h2-4,9-11,13H,5-8,12H2,1H3,(H,18,19,20). The molecule has 0 radical (unpaired) electrons. The number of hydrogen-bond acceptors (Lipinski definition) is 4. The van der Waals surface area contributed by atoms with Gasteiger partial charge in [0.25, 0.3) is 0 Å². The maximum absolute atomic E-state index is 4.81. The molecular formula is C17H21N3S. The summed E-state index contributed by atoms with van der Waals surface area (Å²) in [5, 5.41) is 3.17. The molecule has 0 spiro atoms. The average molecular weight is 299 g/mol. The van der Waals surface area contributed by atoms with Crippen LogP contribution in [0.5, 0.6) is 0 Å². The molecule has 0 amide bonds.